The van der Waals surface area contributed by atoms with Gasteiger partial charge in [0, 0.05) is 5.02 Å². The number of hydrogen-bond acceptors (Lipinski definition) is 6. The molecule has 2 rings (SSSR count). The number of nitrogens with zero attached hydrogens (tertiary/aromatic N) is 6. The van der Waals surface area contributed by atoms with E-state index in [1.165, 1.54) is 17.3 Å². The number of aromatic nitrogens is 3. The van der Waals surface area contributed by atoms with E-state index in [2.05, 4.69) is 20.6 Å². The summed E-state index contributed by atoms with van der Waals surface area (Å²) in [5, 5.41) is 25.4. The first-order valence-electron chi connectivity index (χ1n) is 5.03. The van der Waals surface area contributed by atoms with Crippen molar-refractivity contribution in [3.63, 3.8) is 0 Å². The van der Waals surface area contributed by atoms with Crippen molar-refractivity contribution in [3.8, 4) is 17.8 Å². The molecule has 0 saturated heterocycles. The third-order valence-electron chi connectivity index (χ3n) is 2.12. The highest BCUT2D eigenvalue weighted by Gasteiger charge is 2.06. The van der Waals surface area contributed by atoms with Crippen LogP contribution >= 0.6 is 11.6 Å². The number of benzene rings is 1. The molecule has 0 fully saturated rings. The fourth-order valence-corrected chi connectivity index (χ4v) is 1.49. The van der Waals surface area contributed by atoms with Gasteiger partial charge in [-0.25, -0.2) is 9.67 Å². The lowest BCUT2D eigenvalue weighted by Crippen LogP contribution is -2.02. The Morgan fingerprint density at radius 2 is 2.16 bits per heavy atom. The molecule has 1 heterocycles. The molecule has 0 atom stereocenters. The maximum Gasteiger partial charge on any atom is 0.237 e. The van der Waals surface area contributed by atoms with Crippen LogP contribution in [0.5, 0.6) is 0 Å². The SMILES string of the molecule is N#CC(C#N)=NNc1cc(Cl)ccc1-n1cncn1. The van der Waals surface area contributed by atoms with Gasteiger partial charge in [0.05, 0.1) is 11.4 Å². The zero-order valence-electron chi connectivity index (χ0n) is 9.45. The highest BCUT2D eigenvalue weighted by Crippen LogP contribution is 2.23. The van der Waals surface area contributed by atoms with Crippen LogP contribution in [0.15, 0.2) is 36.0 Å². The average molecular weight is 272 g/mol. The zero-order valence-corrected chi connectivity index (χ0v) is 10.2. The average Bonchev–Trinajstić information content (AvgIpc) is 2.94. The van der Waals surface area contributed by atoms with Crippen molar-refractivity contribution in [3.05, 3.63) is 35.9 Å². The first-order valence-corrected chi connectivity index (χ1v) is 5.41. The van der Waals surface area contributed by atoms with Gasteiger partial charge in [0.2, 0.25) is 5.71 Å². The van der Waals surface area contributed by atoms with Crippen molar-refractivity contribution in [2.75, 3.05) is 5.43 Å². The molecule has 0 aliphatic heterocycles. The lowest BCUT2D eigenvalue weighted by molar-refractivity contribution is 0.879. The van der Waals surface area contributed by atoms with Crippen LogP contribution in [0.4, 0.5) is 5.69 Å². The van der Waals surface area contributed by atoms with Crippen LogP contribution in [0.2, 0.25) is 5.02 Å². The normalized spacial score (nSPS) is 9.21. The van der Waals surface area contributed by atoms with Gasteiger partial charge in [0.25, 0.3) is 0 Å². The molecule has 0 unspecified atom stereocenters. The summed E-state index contributed by atoms with van der Waals surface area (Å²) in [5.41, 5.74) is 3.47. The Kier molecular flexibility index (Phi) is 3.72. The molecule has 1 aromatic carbocycles. The Bertz CT molecular complexity index is 675. The first-order chi connectivity index (χ1) is 9.24. The van der Waals surface area contributed by atoms with Crippen LogP contribution in [-0.4, -0.2) is 20.5 Å². The summed E-state index contributed by atoms with van der Waals surface area (Å²) in [4.78, 5) is 3.84. The number of nitriles is 2. The Labute approximate surface area is 113 Å². The third-order valence-corrected chi connectivity index (χ3v) is 2.36. The second-order valence-electron chi connectivity index (χ2n) is 3.30. The molecule has 0 radical (unpaired) electrons. The number of hydrazone groups is 1. The fraction of sp³-hybridized carbons (Fsp3) is 0. The third kappa shape index (κ3) is 2.86. The van der Waals surface area contributed by atoms with E-state index in [0.717, 1.165) is 0 Å². The van der Waals surface area contributed by atoms with Crippen LogP contribution in [-0.2, 0) is 0 Å². The van der Waals surface area contributed by atoms with Gasteiger partial charge in [-0.15, -0.1) is 0 Å². The standard InChI is InChI=1S/C11H6ClN7/c12-8-1-2-11(19-7-15-6-16-19)10(3-8)18-17-9(4-13)5-14/h1-3,6-7,18H. The summed E-state index contributed by atoms with van der Waals surface area (Å²) in [6.45, 7) is 0. The van der Waals surface area contributed by atoms with E-state index >= 15 is 0 Å². The number of anilines is 1. The van der Waals surface area contributed by atoms with Crippen LogP contribution in [0, 0.1) is 22.7 Å². The van der Waals surface area contributed by atoms with E-state index in [1.54, 1.807) is 30.3 Å². The maximum absolute atomic E-state index is 8.62. The summed E-state index contributed by atoms with van der Waals surface area (Å²) < 4.78 is 1.51. The largest absolute Gasteiger partial charge is 0.274 e. The summed E-state index contributed by atoms with van der Waals surface area (Å²) in [5.74, 6) is 0. The lowest BCUT2D eigenvalue weighted by Gasteiger charge is -2.08. The summed E-state index contributed by atoms with van der Waals surface area (Å²) in [6.07, 6.45) is 2.89. The van der Waals surface area contributed by atoms with E-state index in [9.17, 15) is 0 Å². The molecule has 7 nitrogen and oxygen atoms in total. The predicted molar refractivity (Wildman–Crippen MR) is 68.7 cm³/mol. The van der Waals surface area contributed by atoms with Gasteiger partial charge >= 0.3 is 0 Å². The molecule has 0 bridgehead atoms. The Morgan fingerprint density at radius 1 is 1.37 bits per heavy atom. The lowest BCUT2D eigenvalue weighted by atomic mass is 10.3. The molecular formula is C11H6ClN7. The first kappa shape index (κ1) is 12.6. The van der Waals surface area contributed by atoms with Crippen molar-refractivity contribution in [1.82, 2.24) is 14.8 Å². The maximum atomic E-state index is 8.62. The number of rotatable bonds is 3. The minimum atomic E-state index is -0.287. The minimum Gasteiger partial charge on any atom is -0.274 e. The molecule has 19 heavy (non-hydrogen) atoms. The number of nitrogens with one attached hydrogen (secondary N) is 1. The quantitative estimate of drug-likeness (QED) is 0.676. The van der Waals surface area contributed by atoms with E-state index in [1.807, 2.05) is 0 Å². The minimum absolute atomic E-state index is 0.287. The second kappa shape index (κ2) is 5.63. The molecule has 1 aromatic heterocycles. The van der Waals surface area contributed by atoms with Gasteiger partial charge in [-0.05, 0) is 18.2 Å². The molecule has 0 aliphatic rings. The van der Waals surface area contributed by atoms with Crippen LogP contribution < -0.4 is 5.43 Å². The fourth-order valence-electron chi connectivity index (χ4n) is 1.32. The van der Waals surface area contributed by atoms with Crippen molar-refractivity contribution in [1.29, 1.82) is 10.5 Å². The van der Waals surface area contributed by atoms with E-state index in [-0.39, 0.29) is 5.71 Å². The van der Waals surface area contributed by atoms with Crippen molar-refractivity contribution < 1.29 is 0 Å². The van der Waals surface area contributed by atoms with Crippen LogP contribution in [0.3, 0.4) is 0 Å². The van der Waals surface area contributed by atoms with Crippen molar-refractivity contribution in [2.45, 2.75) is 0 Å². The van der Waals surface area contributed by atoms with Crippen molar-refractivity contribution >= 4 is 23.0 Å². The summed E-state index contributed by atoms with van der Waals surface area (Å²) in [7, 11) is 0. The van der Waals surface area contributed by atoms with Crippen LogP contribution in [0.1, 0.15) is 0 Å². The highest BCUT2D eigenvalue weighted by molar-refractivity contribution is 6.31. The highest BCUT2D eigenvalue weighted by atomic mass is 35.5. The van der Waals surface area contributed by atoms with E-state index < -0.39 is 0 Å². The topological polar surface area (TPSA) is 103 Å². The van der Waals surface area contributed by atoms with E-state index in [0.29, 0.717) is 16.4 Å². The van der Waals surface area contributed by atoms with Gasteiger partial charge < -0.3 is 0 Å². The van der Waals surface area contributed by atoms with Crippen molar-refractivity contribution in [2.24, 2.45) is 5.10 Å². The molecule has 8 heteroatoms. The Morgan fingerprint density at radius 3 is 2.79 bits per heavy atom. The van der Waals surface area contributed by atoms with Gasteiger partial charge in [-0.1, -0.05) is 11.6 Å². The molecule has 2 aromatic rings. The van der Waals surface area contributed by atoms with E-state index in [4.69, 9.17) is 22.1 Å². The molecule has 1 N–H and O–H groups in total. The van der Waals surface area contributed by atoms with Gasteiger partial charge in [-0.2, -0.15) is 20.7 Å². The zero-order chi connectivity index (χ0) is 13.7. The Hall–Kier alpha value is -2.90. The predicted octanol–water partition coefficient (Wildman–Crippen LogP) is 1.74. The molecule has 0 amide bonds. The van der Waals surface area contributed by atoms with Gasteiger partial charge in [-0.3, -0.25) is 5.43 Å². The second-order valence-corrected chi connectivity index (χ2v) is 3.73. The molecule has 0 aliphatic carbocycles. The molecular weight excluding hydrogens is 266 g/mol. The van der Waals surface area contributed by atoms with Crippen LogP contribution in [0.25, 0.3) is 5.69 Å². The smallest absolute Gasteiger partial charge is 0.237 e. The molecule has 92 valence electrons. The van der Waals surface area contributed by atoms with Gasteiger partial charge in [0.1, 0.15) is 24.8 Å². The Balaban J connectivity index is 2.40. The summed E-state index contributed by atoms with van der Waals surface area (Å²) >= 11 is 5.90. The number of halogens is 1. The number of hydrogen-bond donors (Lipinski definition) is 1. The van der Waals surface area contributed by atoms with Gasteiger partial charge in [0.15, 0.2) is 0 Å². The molecule has 0 spiro atoms. The molecule has 0 saturated carbocycles. The summed E-state index contributed by atoms with van der Waals surface area (Å²) in [6, 6.07) is 8.30. The monoisotopic (exact) mass is 271 g/mol.